The molecule has 222 valence electrons. The highest BCUT2D eigenvalue weighted by Crippen LogP contribution is 2.27. The maximum atomic E-state index is 12.2. The number of carbonyl (C=O) groups excluding carboxylic acids is 2. The zero-order valence-corrected chi connectivity index (χ0v) is 26.0. The van der Waals surface area contributed by atoms with Crippen LogP contribution >= 0.6 is 0 Å². The molecule has 0 aliphatic carbocycles. The lowest BCUT2D eigenvalue weighted by atomic mass is 9.82. The van der Waals surface area contributed by atoms with Crippen LogP contribution in [0.15, 0.2) is 9.98 Å². The first-order valence-corrected chi connectivity index (χ1v) is 13.6. The summed E-state index contributed by atoms with van der Waals surface area (Å²) in [6, 6.07) is -0.884. The first kappa shape index (κ1) is 35.4. The van der Waals surface area contributed by atoms with Crippen LogP contribution in [0.4, 0.5) is 9.59 Å². The molecule has 0 radical (unpaired) electrons. The molecule has 11 nitrogen and oxygen atoms in total. The van der Waals surface area contributed by atoms with E-state index < -0.39 is 12.1 Å². The van der Waals surface area contributed by atoms with Gasteiger partial charge in [-0.05, 0) is 84.3 Å². The standard InChI is InChI=1S/C27H57N9O2/c1-24(2,3)18-26(7,8)34-22(37)32-20(28)30-14-12-16-36(11)17-13-15-31-21(29)33-23(38)35-27(9,10)19-25(4,5)6/h12-19H2,1-11H3,(H4,28,30,32,34,37)(H4,29,31,33,35,38). The number of aliphatic imine (C=N–C) groups is 2. The van der Waals surface area contributed by atoms with Gasteiger partial charge in [0.05, 0.1) is 0 Å². The number of hydrogen-bond acceptors (Lipinski definition) is 3. The van der Waals surface area contributed by atoms with Crippen LogP contribution in [0.25, 0.3) is 0 Å². The smallest absolute Gasteiger partial charge is 0.344 e. The van der Waals surface area contributed by atoms with Gasteiger partial charge in [0.25, 0.3) is 0 Å². The molecule has 0 unspecified atom stereocenters. The van der Waals surface area contributed by atoms with Crippen LogP contribution in [-0.4, -0.2) is 73.2 Å². The Balaban J connectivity index is 4.21. The van der Waals surface area contributed by atoms with Gasteiger partial charge in [-0.15, -0.1) is 0 Å². The van der Waals surface area contributed by atoms with Gasteiger partial charge in [-0.25, -0.2) is 9.59 Å². The van der Waals surface area contributed by atoms with Crippen LogP contribution in [0.3, 0.4) is 0 Å². The van der Waals surface area contributed by atoms with Gasteiger partial charge in [0.2, 0.25) is 0 Å². The van der Waals surface area contributed by atoms with Gasteiger partial charge >= 0.3 is 12.1 Å². The molecule has 0 heterocycles. The van der Waals surface area contributed by atoms with Crippen molar-refractivity contribution < 1.29 is 9.59 Å². The average molecular weight is 540 g/mol. The second kappa shape index (κ2) is 15.1. The van der Waals surface area contributed by atoms with Gasteiger partial charge in [-0.3, -0.25) is 0 Å². The first-order valence-electron chi connectivity index (χ1n) is 13.6. The van der Waals surface area contributed by atoms with Gasteiger partial charge in [0.15, 0.2) is 11.9 Å². The molecule has 0 bridgehead atoms. The van der Waals surface area contributed by atoms with Crippen molar-refractivity contribution in [3.05, 3.63) is 0 Å². The van der Waals surface area contributed by atoms with Crippen LogP contribution < -0.4 is 32.7 Å². The Labute approximate surface area is 231 Å². The van der Waals surface area contributed by atoms with E-state index in [2.05, 4.69) is 77.7 Å². The summed E-state index contributed by atoms with van der Waals surface area (Å²) < 4.78 is 0. The third-order valence-corrected chi connectivity index (χ3v) is 5.32. The normalized spacial score (nSPS) is 13.9. The Morgan fingerprint density at radius 2 is 0.974 bits per heavy atom. The van der Waals surface area contributed by atoms with E-state index in [9.17, 15) is 9.59 Å². The Bertz CT molecular complexity index is 740. The van der Waals surface area contributed by atoms with Crippen LogP contribution in [0.2, 0.25) is 0 Å². The third-order valence-electron chi connectivity index (χ3n) is 5.32. The molecule has 8 N–H and O–H groups in total. The number of carbonyl (C=O) groups is 2. The summed E-state index contributed by atoms with van der Waals surface area (Å²) in [5, 5.41) is 11.8. The van der Waals surface area contributed by atoms with Crippen molar-refractivity contribution in [3.63, 3.8) is 0 Å². The van der Waals surface area contributed by atoms with Crippen molar-refractivity contribution >= 4 is 24.0 Å². The summed E-state index contributed by atoms with van der Waals surface area (Å²) in [5.41, 5.74) is 11.2. The lowest BCUT2D eigenvalue weighted by Crippen LogP contribution is -2.46. The molecule has 0 saturated heterocycles. The van der Waals surface area contributed by atoms with E-state index in [0.717, 1.165) is 38.8 Å². The fraction of sp³-hybridized carbons (Fsp3) is 0.852. The van der Waals surface area contributed by atoms with E-state index in [0.29, 0.717) is 13.1 Å². The Kier molecular flexibility index (Phi) is 14.1. The van der Waals surface area contributed by atoms with Gasteiger partial charge in [0.1, 0.15) is 0 Å². The van der Waals surface area contributed by atoms with Gasteiger partial charge in [-0.1, -0.05) is 41.5 Å². The summed E-state index contributed by atoms with van der Waals surface area (Å²) in [5.74, 6) is 0.225. The van der Waals surface area contributed by atoms with Crippen molar-refractivity contribution in [2.24, 2.45) is 32.3 Å². The molecule has 4 amide bonds. The largest absolute Gasteiger partial charge is 0.370 e. The molecule has 0 aromatic carbocycles. The Hall–Kier alpha value is -2.56. The van der Waals surface area contributed by atoms with Gasteiger partial charge in [-0.2, -0.15) is 9.98 Å². The van der Waals surface area contributed by atoms with E-state index in [-0.39, 0.29) is 33.8 Å². The lowest BCUT2D eigenvalue weighted by Gasteiger charge is -2.32. The Morgan fingerprint density at radius 3 is 1.26 bits per heavy atom. The van der Waals surface area contributed by atoms with Gasteiger partial charge in [0, 0.05) is 24.2 Å². The fourth-order valence-electron chi connectivity index (χ4n) is 4.92. The number of rotatable bonds is 12. The number of nitrogens with one attached hydrogen (secondary N) is 4. The van der Waals surface area contributed by atoms with Crippen LogP contribution in [0.5, 0.6) is 0 Å². The molecular formula is C27H57N9O2. The summed E-state index contributed by atoms with van der Waals surface area (Å²) in [6.45, 7) is 23.6. The number of guanidine groups is 2. The number of nitrogens with two attached hydrogens (primary N) is 2. The monoisotopic (exact) mass is 539 g/mol. The van der Waals surface area contributed by atoms with Crippen molar-refractivity contribution in [1.82, 2.24) is 26.2 Å². The van der Waals surface area contributed by atoms with Crippen molar-refractivity contribution in [2.75, 3.05) is 33.2 Å². The predicted octanol–water partition coefficient (Wildman–Crippen LogP) is 3.36. The van der Waals surface area contributed by atoms with Crippen LogP contribution in [0.1, 0.15) is 94.9 Å². The topological polar surface area (TPSA) is 162 Å². The molecule has 0 aromatic rings. The molecule has 38 heavy (non-hydrogen) atoms. The van der Waals surface area contributed by atoms with E-state index in [4.69, 9.17) is 11.5 Å². The molecule has 0 saturated carbocycles. The maximum absolute atomic E-state index is 12.2. The summed E-state index contributed by atoms with van der Waals surface area (Å²) in [7, 11) is 2.03. The first-order chi connectivity index (χ1) is 17.1. The SMILES string of the molecule is CN(CCCNC(N)=NC(=O)NC(C)(C)CC(C)(C)C)CCCNC(N)=NC(=O)NC(C)(C)CC(C)(C)C. The number of amides is 4. The second-order valence-corrected chi connectivity index (χ2v) is 14.0. The summed E-state index contributed by atoms with van der Waals surface area (Å²) >= 11 is 0. The molecule has 0 aliphatic heterocycles. The fourth-order valence-corrected chi connectivity index (χ4v) is 4.92. The average Bonchev–Trinajstić information content (AvgIpc) is 2.63. The highest BCUT2D eigenvalue weighted by atomic mass is 16.2. The molecule has 0 atom stereocenters. The molecule has 0 rings (SSSR count). The zero-order chi connectivity index (χ0) is 29.8. The van der Waals surface area contributed by atoms with Crippen molar-refractivity contribution in [1.29, 1.82) is 0 Å². The number of hydrogen-bond donors (Lipinski definition) is 6. The number of urea groups is 2. The number of nitrogens with zero attached hydrogens (tertiary/aromatic N) is 3. The highest BCUT2D eigenvalue weighted by Gasteiger charge is 2.28. The molecule has 0 fully saturated rings. The second-order valence-electron chi connectivity index (χ2n) is 14.0. The molecule has 0 aliphatic rings. The molecule has 11 heteroatoms. The van der Waals surface area contributed by atoms with Crippen molar-refractivity contribution in [3.8, 4) is 0 Å². The minimum absolute atomic E-state index is 0.0896. The molecule has 0 spiro atoms. The quantitative estimate of drug-likeness (QED) is 0.126. The van der Waals surface area contributed by atoms with Crippen molar-refractivity contribution in [2.45, 2.75) is 106 Å². The van der Waals surface area contributed by atoms with Gasteiger partial charge < -0.3 is 37.6 Å². The minimum Gasteiger partial charge on any atom is -0.370 e. The van der Waals surface area contributed by atoms with E-state index >= 15 is 0 Å². The van der Waals surface area contributed by atoms with E-state index in [1.165, 1.54) is 0 Å². The molecule has 0 aromatic heterocycles. The van der Waals surface area contributed by atoms with E-state index in [1.807, 2.05) is 34.7 Å². The van der Waals surface area contributed by atoms with E-state index in [1.54, 1.807) is 0 Å². The molecular weight excluding hydrogens is 482 g/mol. The zero-order valence-electron chi connectivity index (χ0n) is 26.0. The van der Waals surface area contributed by atoms with Crippen LogP contribution in [-0.2, 0) is 0 Å². The lowest BCUT2D eigenvalue weighted by molar-refractivity contribution is 0.216. The summed E-state index contributed by atoms with van der Waals surface area (Å²) in [4.78, 5) is 34.4. The third kappa shape index (κ3) is 20.5. The Morgan fingerprint density at radius 1 is 0.658 bits per heavy atom. The highest BCUT2D eigenvalue weighted by molar-refractivity contribution is 5.92. The van der Waals surface area contributed by atoms with Crippen LogP contribution in [0, 0.1) is 10.8 Å². The predicted molar refractivity (Wildman–Crippen MR) is 159 cm³/mol. The maximum Gasteiger partial charge on any atom is 0.344 e. The summed E-state index contributed by atoms with van der Waals surface area (Å²) in [6.07, 6.45) is 3.32. The minimum atomic E-state index is -0.442.